The first-order valence-electron chi connectivity index (χ1n) is 19.3. The van der Waals surface area contributed by atoms with Crippen LogP contribution in [0, 0.1) is 27.7 Å². The second kappa shape index (κ2) is 21.2. The molecule has 0 aromatic heterocycles. The van der Waals surface area contributed by atoms with E-state index >= 15 is 0 Å². The number of nitrogens with zero attached hydrogens (tertiary/aromatic N) is 9. The average Bonchev–Trinajstić information content (AvgIpc) is 3.28. The molecule has 0 unspecified atom stereocenters. The Kier molecular flexibility index (Phi) is 20.1. The minimum atomic E-state index is -3.25. The van der Waals surface area contributed by atoms with Crippen LogP contribution in [-0.4, -0.2) is 135 Å². The Morgan fingerprint density at radius 2 is 0.492 bits per heavy atom. The number of halogens is 3. The zero-order valence-corrected chi connectivity index (χ0v) is 45.0. The Morgan fingerprint density at radius 3 is 0.627 bits per heavy atom. The summed E-state index contributed by atoms with van der Waals surface area (Å²) in [6.45, 7) is 9.40. The SMILES string of the molecule is Cc1c(C)c(C)[c-]([Si](c2cc(N(C)C)c(N(C)C)c(N(C)C)c2)(c2cc(N(C)C)c(N(C)C)c(N(C)C)c2)c2cc(N(C)C)c(N(C)C)c(N(C)C)c2)c1C.[Cl-].[Cl-].[Cl-].[Ti+4]. The van der Waals surface area contributed by atoms with Crippen molar-refractivity contribution in [3.05, 3.63) is 58.7 Å². The molecule has 326 valence electrons. The fraction of sp³-hybridized carbons (Fsp3) is 0.489. The van der Waals surface area contributed by atoms with Crippen molar-refractivity contribution in [2.24, 2.45) is 0 Å². The summed E-state index contributed by atoms with van der Waals surface area (Å²) in [6, 6.07) is 15.2. The van der Waals surface area contributed by atoms with Crippen LogP contribution < -0.4 is 102 Å². The molecule has 0 aliphatic rings. The molecule has 9 nitrogen and oxygen atoms in total. The fourth-order valence-electron chi connectivity index (χ4n) is 8.60. The third-order valence-electron chi connectivity index (χ3n) is 11.6. The van der Waals surface area contributed by atoms with E-state index in [1.807, 2.05) is 0 Å². The second-order valence-electron chi connectivity index (χ2n) is 17.3. The third kappa shape index (κ3) is 9.89. The molecule has 0 heterocycles. The number of hydrogen-bond donors (Lipinski definition) is 0. The van der Waals surface area contributed by atoms with E-state index in [-0.39, 0.29) is 58.9 Å². The van der Waals surface area contributed by atoms with E-state index in [1.54, 1.807) is 0 Å². The summed E-state index contributed by atoms with van der Waals surface area (Å²) < 4.78 is 0. The summed E-state index contributed by atoms with van der Waals surface area (Å²) in [5, 5.41) is 5.57. The molecule has 0 amide bonds. The minimum Gasteiger partial charge on any atom is -1.00 e. The van der Waals surface area contributed by atoms with Crippen LogP contribution in [0.25, 0.3) is 0 Å². The first-order chi connectivity index (χ1) is 25.4. The Balaban J connectivity index is 0.00000841. The molecule has 4 rings (SSSR count). The van der Waals surface area contributed by atoms with Crippen molar-refractivity contribution in [3.63, 3.8) is 0 Å². The maximum atomic E-state index is 2.53. The van der Waals surface area contributed by atoms with E-state index in [2.05, 4.69) is 235 Å². The van der Waals surface area contributed by atoms with Gasteiger partial charge in [-0.3, -0.25) is 0 Å². The fourth-order valence-corrected chi connectivity index (χ4v) is 14.1. The predicted molar refractivity (Wildman–Crippen MR) is 254 cm³/mol. The molecule has 4 aromatic carbocycles. The van der Waals surface area contributed by atoms with Gasteiger partial charge in [0.1, 0.15) is 8.07 Å². The van der Waals surface area contributed by atoms with Gasteiger partial charge in [-0.15, -0.1) is 5.19 Å². The number of anilines is 9. The molecule has 0 spiro atoms. The van der Waals surface area contributed by atoms with Crippen molar-refractivity contribution in [1.82, 2.24) is 0 Å². The van der Waals surface area contributed by atoms with Crippen molar-refractivity contribution in [1.29, 1.82) is 0 Å². The molecule has 0 saturated carbocycles. The molecule has 0 atom stereocenters. The van der Waals surface area contributed by atoms with E-state index in [4.69, 9.17) is 0 Å². The summed E-state index contributed by atoms with van der Waals surface area (Å²) >= 11 is 0. The van der Waals surface area contributed by atoms with Crippen molar-refractivity contribution in [2.45, 2.75) is 27.7 Å². The third-order valence-corrected chi connectivity index (χ3v) is 16.5. The van der Waals surface area contributed by atoms with E-state index in [0.717, 1.165) is 0 Å². The Morgan fingerprint density at radius 1 is 0.322 bits per heavy atom. The molecule has 0 fully saturated rings. The topological polar surface area (TPSA) is 29.2 Å². The van der Waals surface area contributed by atoms with Crippen LogP contribution in [0.15, 0.2) is 36.4 Å². The Bertz CT molecular complexity index is 1740. The van der Waals surface area contributed by atoms with Gasteiger partial charge >= 0.3 is 21.7 Å². The van der Waals surface area contributed by atoms with Gasteiger partial charge in [0, 0.05) is 127 Å². The number of benzene rings is 3. The van der Waals surface area contributed by atoms with E-state index in [9.17, 15) is 0 Å². The molecule has 0 N–H and O–H groups in total. The van der Waals surface area contributed by atoms with E-state index in [1.165, 1.54) is 94.2 Å². The molecule has 0 saturated heterocycles. The molecule has 0 radical (unpaired) electrons. The Hall–Kier alpha value is -2.99. The molecule has 4 aromatic rings. The van der Waals surface area contributed by atoms with Crippen LogP contribution in [0.1, 0.15) is 22.3 Å². The molecular formula is C45H72Cl3N9SiTi. The zero-order chi connectivity index (χ0) is 41.8. The van der Waals surface area contributed by atoms with Crippen LogP contribution in [0.4, 0.5) is 51.2 Å². The molecule has 14 heteroatoms. The van der Waals surface area contributed by atoms with Crippen LogP contribution in [0.3, 0.4) is 0 Å². The maximum absolute atomic E-state index is 3.25. The molecule has 59 heavy (non-hydrogen) atoms. The largest absolute Gasteiger partial charge is 4.00 e. The van der Waals surface area contributed by atoms with Gasteiger partial charge in [-0.05, 0) is 36.4 Å². The van der Waals surface area contributed by atoms with Gasteiger partial charge in [0.15, 0.2) is 0 Å². The Labute approximate surface area is 393 Å². The molecule has 0 aliphatic carbocycles. The van der Waals surface area contributed by atoms with Gasteiger partial charge in [-0.1, -0.05) is 43.3 Å². The van der Waals surface area contributed by atoms with Crippen molar-refractivity contribution < 1.29 is 58.9 Å². The maximum Gasteiger partial charge on any atom is 4.00 e. The number of rotatable bonds is 13. The van der Waals surface area contributed by atoms with Gasteiger partial charge in [-0.2, -0.15) is 22.3 Å². The summed E-state index contributed by atoms with van der Waals surface area (Å²) in [5.74, 6) is 0. The quantitative estimate of drug-likeness (QED) is 0.0752. The van der Waals surface area contributed by atoms with E-state index < -0.39 is 8.07 Å². The van der Waals surface area contributed by atoms with E-state index in [0.29, 0.717) is 0 Å². The van der Waals surface area contributed by atoms with Gasteiger partial charge in [-0.25, -0.2) is 0 Å². The first-order valence-corrected chi connectivity index (χ1v) is 21.3. The average molecular weight is 921 g/mol. The van der Waals surface area contributed by atoms with Crippen LogP contribution in [0.5, 0.6) is 0 Å². The van der Waals surface area contributed by atoms with Gasteiger partial charge in [0.25, 0.3) is 0 Å². The second-order valence-corrected chi connectivity index (χ2v) is 21.0. The van der Waals surface area contributed by atoms with Crippen LogP contribution in [-0.2, 0) is 21.7 Å². The van der Waals surface area contributed by atoms with Crippen molar-refractivity contribution in [2.75, 3.05) is 171 Å². The standard InChI is InChI=1S/C45H72N9Si.3ClH.Ti/c1-29-30(2)32(4)45(31(29)3)55(33-23-36(46(5)6)42(52(17)18)37(24-33)47(7)8,34-25-38(48(9)10)43(53(19)20)39(26-34)49(11)12)35-27-40(50(13)14)44(54(21)22)41(28-35)51(15)16;;;;/h23-28H,1-22H3;3*1H;/q-1;;;;+4/p-3. The van der Waals surface area contributed by atoms with Gasteiger partial charge in [0.05, 0.1) is 51.2 Å². The van der Waals surface area contributed by atoms with Crippen molar-refractivity contribution >= 4 is 80.0 Å². The molecular weight excluding hydrogens is 849 g/mol. The van der Waals surface area contributed by atoms with Crippen LogP contribution in [0.2, 0.25) is 0 Å². The predicted octanol–water partition coefficient (Wildman–Crippen LogP) is -4.38. The van der Waals surface area contributed by atoms with Crippen molar-refractivity contribution in [3.8, 4) is 0 Å². The summed E-state index contributed by atoms with van der Waals surface area (Å²) in [7, 11) is 35.9. The summed E-state index contributed by atoms with van der Waals surface area (Å²) in [6.07, 6.45) is 0. The number of hydrogen-bond acceptors (Lipinski definition) is 9. The van der Waals surface area contributed by atoms with Gasteiger partial charge < -0.3 is 81.3 Å². The smallest absolute Gasteiger partial charge is 1.00 e. The summed E-state index contributed by atoms with van der Waals surface area (Å²) in [5.41, 5.74) is 16.4. The van der Waals surface area contributed by atoms with Gasteiger partial charge in [0.2, 0.25) is 0 Å². The molecule has 0 bridgehead atoms. The minimum absolute atomic E-state index is 0. The normalized spacial score (nSPS) is 10.7. The van der Waals surface area contributed by atoms with Crippen LogP contribution >= 0.6 is 0 Å². The summed E-state index contributed by atoms with van der Waals surface area (Å²) in [4.78, 5) is 20.6. The monoisotopic (exact) mass is 919 g/mol. The first kappa shape index (κ1) is 56.0. The zero-order valence-electron chi connectivity index (χ0n) is 40.1. The molecule has 0 aliphatic heterocycles.